The Morgan fingerprint density at radius 2 is 1.62 bits per heavy atom. The van der Waals surface area contributed by atoms with Crippen molar-refractivity contribution < 1.29 is 41.0 Å². The summed E-state index contributed by atoms with van der Waals surface area (Å²) in [4.78, 5) is 38.6. The molecule has 1 N–H and O–H groups in total. The lowest BCUT2D eigenvalue weighted by Crippen LogP contribution is -2.50. The van der Waals surface area contributed by atoms with Gasteiger partial charge in [-0.3, -0.25) is 4.68 Å². The molecule has 1 unspecified atom stereocenters. The molecule has 2 saturated heterocycles. The Kier molecular flexibility index (Phi) is 8.68. The molecule has 0 saturated carbocycles. The predicted octanol–water partition coefficient (Wildman–Crippen LogP) is 5.44. The number of carbonyl (C=O) groups excluding carboxylic acids is 1. The molecule has 16 heteroatoms. The van der Waals surface area contributed by atoms with Crippen molar-refractivity contribution in [1.29, 1.82) is 0 Å². The first-order chi connectivity index (χ1) is 21.2. The molecule has 0 spiro atoms. The molecule has 3 aromatic rings. The van der Waals surface area contributed by atoms with Crippen LogP contribution in [0.1, 0.15) is 49.3 Å². The van der Waals surface area contributed by atoms with Gasteiger partial charge >= 0.3 is 24.4 Å². The quantitative estimate of drug-likeness (QED) is 0.343. The van der Waals surface area contributed by atoms with E-state index in [2.05, 4.69) is 15.1 Å². The van der Waals surface area contributed by atoms with Crippen LogP contribution in [0.15, 0.2) is 43.0 Å². The molecule has 2 amide bonds. The average molecular weight is 640 g/mol. The van der Waals surface area contributed by atoms with Crippen LogP contribution in [0.25, 0.3) is 11.1 Å². The summed E-state index contributed by atoms with van der Waals surface area (Å²) in [6.07, 6.45) is -2.12. The number of halogens is 6. The Morgan fingerprint density at radius 1 is 0.978 bits per heavy atom. The van der Waals surface area contributed by atoms with Crippen molar-refractivity contribution in [3.8, 4) is 11.1 Å². The first kappa shape index (κ1) is 32.0. The highest BCUT2D eigenvalue weighted by Gasteiger charge is 2.44. The SMILES string of the molecule is CC[C@@H]1C[C@H](N(Cc2cc(C(F)(F)F)cc(C(F)(F)F)c2)c2ncc(-c3cnn(C)c3)cn2)CN1C(=O)N1CCCC1C(=O)O. The summed E-state index contributed by atoms with van der Waals surface area (Å²) >= 11 is 0. The minimum atomic E-state index is -5.02. The molecule has 0 radical (unpaired) electrons. The van der Waals surface area contributed by atoms with Gasteiger partial charge in [0.25, 0.3) is 0 Å². The van der Waals surface area contributed by atoms with Gasteiger partial charge in [0.2, 0.25) is 5.95 Å². The summed E-state index contributed by atoms with van der Waals surface area (Å²) in [7, 11) is 1.73. The Balaban J connectivity index is 1.51. The summed E-state index contributed by atoms with van der Waals surface area (Å²) in [5, 5.41) is 13.7. The monoisotopic (exact) mass is 639 g/mol. The molecule has 2 aromatic heterocycles. The van der Waals surface area contributed by atoms with Crippen LogP contribution in [0.5, 0.6) is 0 Å². The van der Waals surface area contributed by atoms with Gasteiger partial charge in [0.05, 0.1) is 23.4 Å². The molecular weight excluding hydrogens is 608 g/mol. The van der Waals surface area contributed by atoms with Crippen LogP contribution < -0.4 is 4.90 Å². The predicted molar refractivity (Wildman–Crippen MR) is 149 cm³/mol. The minimum absolute atomic E-state index is 0.0407. The van der Waals surface area contributed by atoms with Crippen molar-refractivity contribution >= 4 is 17.9 Å². The van der Waals surface area contributed by atoms with E-state index in [0.29, 0.717) is 48.9 Å². The number of anilines is 1. The van der Waals surface area contributed by atoms with Gasteiger partial charge in [-0.15, -0.1) is 0 Å². The van der Waals surface area contributed by atoms with E-state index in [4.69, 9.17) is 0 Å². The number of alkyl halides is 6. The highest BCUT2D eigenvalue weighted by Crippen LogP contribution is 2.38. The van der Waals surface area contributed by atoms with Crippen LogP contribution in [0.2, 0.25) is 0 Å². The zero-order valence-corrected chi connectivity index (χ0v) is 24.4. The van der Waals surface area contributed by atoms with E-state index in [9.17, 15) is 41.0 Å². The van der Waals surface area contributed by atoms with E-state index in [1.807, 2.05) is 6.92 Å². The molecule has 2 aliphatic rings. The number of carboxylic acids is 1. The van der Waals surface area contributed by atoms with Crippen LogP contribution >= 0.6 is 0 Å². The van der Waals surface area contributed by atoms with Gasteiger partial charge in [-0.1, -0.05) is 6.92 Å². The maximum atomic E-state index is 13.7. The summed E-state index contributed by atoms with van der Waals surface area (Å²) < 4.78 is 83.6. The van der Waals surface area contributed by atoms with Gasteiger partial charge in [0.15, 0.2) is 0 Å². The number of rotatable bonds is 7. The van der Waals surface area contributed by atoms with Gasteiger partial charge in [-0.2, -0.15) is 31.4 Å². The molecule has 10 nitrogen and oxygen atoms in total. The highest BCUT2D eigenvalue weighted by atomic mass is 19.4. The third-order valence-electron chi connectivity index (χ3n) is 8.27. The smallest absolute Gasteiger partial charge is 0.416 e. The van der Waals surface area contributed by atoms with E-state index in [-0.39, 0.29) is 36.7 Å². The van der Waals surface area contributed by atoms with Crippen LogP contribution in [-0.4, -0.2) is 77.9 Å². The van der Waals surface area contributed by atoms with Crippen molar-refractivity contribution in [1.82, 2.24) is 29.5 Å². The lowest BCUT2D eigenvalue weighted by molar-refractivity contribution is -0.143. The van der Waals surface area contributed by atoms with Gasteiger partial charge in [-0.25, -0.2) is 19.6 Å². The number of aromatic nitrogens is 4. The molecule has 5 rings (SSSR count). The zero-order valence-electron chi connectivity index (χ0n) is 24.4. The lowest BCUT2D eigenvalue weighted by atomic mass is 10.0. The highest BCUT2D eigenvalue weighted by molar-refractivity contribution is 5.83. The van der Waals surface area contributed by atoms with Crippen molar-refractivity contribution in [3.05, 3.63) is 59.7 Å². The van der Waals surface area contributed by atoms with Gasteiger partial charge in [-0.05, 0) is 49.4 Å². The van der Waals surface area contributed by atoms with Crippen molar-refractivity contribution in [2.24, 2.45) is 7.05 Å². The summed E-state index contributed by atoms with van der Waals surface area (Å²) in [5.74, 6) is -1.06. The molecule has 2 aliphatic heterocycles. The van der Waals surface area contributed by atoms with Gasteiger partial charge < -0.3 is 19.8 Å². The maximum absolute atomic E-state index is 13.7. The molecule has 45 heavy (non-hydrogen) atoms. The molecule has 3 atom stereocenters. The average Bonchev–Trinajstić information content (AvgIpc) is 3.74. The summed E-state index contributed by atoms with van der Waals surface area (Å²) in [5.41, 5.74) is -1.85. The molecule has 242 valence electrons. The minimum Gasteiger partial charge on any atom is -0.480 e. The van der Waals surface area contributed by atoms with Gasteiger partial charge in [0.1, 0.15) is 6.04 Å². The number of carboxylic acid groups (broad SMARTS) is 1. The number of amides is 2. The third kappa shape index (κ3) is 6.83. The maximum Gasteiger partial charge on any atom is 0.416 e. The van der Waals surface area contributed by atoms with E-state index < -0.39 is 54.1 Å². The number of hydrogen-bond acceptors (Lipinski definition) is 6. The number of aliphatic carboxylic acids is 1. The standard InChI is InChI=1S/C29H31F6N7O3/c1-3-22-10-23(16-42(22)27(45)40-6-4-5-24(40)25(43)44)41(26-36-11-18(12-37-26)19-13-38-39(2)15-19)14-17-7-20(28(30,31)32)9-21(8-17)29(33,34)35/h7-9,11-13,15,22-24H,3-6,10,14,16H2,1-2H3,(H,43,44)/t22-,23+,24?/m1/s1. The van der Waals surface area contributed by atoms with E-state index in [0.717, 1.165) is 0 Å². The van der Waals surface area contributed by atoms with E-state index in [1.54, 1.807) is 24.1 Å². The normalized spacial score (nSPS) is 20.6. The third-order valence-corrected chi connectivity index (χ3v) is 8.27. The number of hydrogen-bond donors (Lipinski definition) is 1. The summed E-state index contributed by atoms with van der Waals surface area (Å²) in [6.45, 7) is 1.74. The molecule has 0 aliphatic carbocycles. The zero-order chi connectivity index (χ0) is 32.7. The van der Waals surface area contributed by atoms with E-state index >= 15 is 0 Å². The number of aryl methyl sites for hydroxylation is 1. The largest absolute Gasteiger partial charge is 0.480 e. The van der Waals surface area contributed by atoms with Crippen LogP contribution in [0.3, 0.4) is 0 Å². The molecule has 4 heterocycles. The second-order valence-corrected chi connectivity index (χ2v) is 11.3. The van der Waals surface area contributed by atoms with Crippen LogP contribution in [-0.2, 0) is 30.7 Å². The lowest BCUT2D eigenvalue weighted by Gasteiger charge is -2.32. The number of carbonyl (C=O) groups is 2. The van der Waals surface area contributed by atoms with Crippen molar-refractivity contribution in [3.63, 3.8) is 0 Å². The number of benzene rings is 1. The van der Waals surface area contributed by atoms with Crippen molar-refractivity contribution in [2.45, 2.75) is 69.6 Å². The first-order valence-corrected chi connectivity index (χ1v) is 14.3. The molecule has 1 aromatic carbocycles. The first-order valence-electron chi connectivity index (χ1n) is 14.3. The van der Waals surface area contributed by atoms with Crippen molar-refractivity contribution in [2.75, 3.05) is 18.0 Å². The number of likely N-dealkylation sites (tertiary alicyclic amines) is 2. The van der Waals surface area contributed by atoms with Crippen LogP contribution in [0, 0.1) is 0 Å². The number of urea groups is 1. The fourth-order valence-corrected chi connectivity index (χ4v) is 6.02. The summed E-state index contributed by atoms with van der Waals surface area (Å²) in [6, 6.07) is -0.989. The molecular formula is C29H31F6N7O3. The fraction of sp³-hybridized carbons (Fsp3) is 0.483. The Hall–Kier alpha value is -4.37. The molecule has 0 bridgehead atoms. The Labute approximate surface area is 254 Å². The van der Waals surface area contributed by atoms with Gasteiger partial charge in [0, 0.05) is 62.4 Å². The second-order valence-electron chi connectivity index (χ2n) is 11.3. The molecule has 2 fully saturated rings. The number of nitrogens with zero attached hydrogens (tertiary/aromatic N) is 7. The fourth-order valence-electron chi connectivity index (χ4n) is 6.02. The topological polar surface area (TPSA) is 108 Å². The Morgan fingerprint density at radius 3 is 2.16 bits per heavy atom. The second kappa shape index (κ2) is 12.2. The Bertz CT molecular complexity index is 1510. The van der Waals surface area contributed by atoms with Crippen LogP contribution in [0.4, 0.5) is 37.1 Å². The van der Waals surface area contributed by atoms with E-state index in [1.165, 1.54) is 27.1 Å².